The maximum absolute atomic E-state index is 5.37. The first-order valence-corrected chi connectivity index (χ1v) is 18.5. The van der Waals surface area contributed by atoms with Crippen LogP contribution in [-0.4, -0.2) is 16.5 Å². The van der Waals surface area contributed by atoms with Crippen LogP contribution in [0.5, 0.6) is 0 Å². The Morgan fingerprint density at radius 1 is 0.389 bits per heavy atom. The van der Waals surface area contributed by atoms with Gasteiger partial charge in [0.15, 0.2) is 5.82 Å². The second-order valence-electron chi connectivity index (χ2n) is 13.8. The Morgan fingerprint density at radius 2 is 1.00 bits per heavy atom. The zero-order valence-corrected chi connectivity index (χ0v) is 29.6. The number of dihydropyridines is 1. The molecule has 1 aromatic heterocycles. The van der Waals surface area contributed by atoms with Crippen LogP contribution in [0.3, 0.4) is 0 Å². The van der Waals surface area contributed by atoms with Crippen LogP contribution in [0.1, 0.15) is 5.56 Å². The van der Waals surface area contributed by atoms with Crippen LogP contribution in [0, 0.1) is 0 Å². The Hall–Kier alpha value is -7.10. The van der Waals surface area contributed by atoms with Gasteiger partial charge in [0, 0.05) is 28.8 Å². The van der Waals surface area contributed by atoms with Gasteiger partial charge in [0.2, 0.25) is 0 Å². The van der Waals surface area contributed by atoms with Crippen molar-refractivity contribution in [2.24, 2.45) is 0 Å². The van der Waals surface area contributed by atoms with Crippen LogP contribution in [-0.2, 0) is 0 Å². The fourth-order valence-corrected chi connectivity index (χ4v) is 7.67. The molecule has 0 saturated heterocycles. The Kier molecular flexibility index (Phi) is 7.88. The summed E-state index contributed by atoms with van der Waals surface area (Å²) in [6, 6.07) is 63.0. The molecule has 2 heterocycles. The molecule has 0 fully saturated rings. The number of nitrogens with zero attached hydrogens (tertiary/aromatic N) is 2. The Bertz CT molecular complexity index is 2910. The topological polar surface area (TPSA) is 37.8 Å². The maximum Gasteiger partial charge on any atom is 0.160 e. The molecule has 1 aliphatic heterocycles. The third-order valence-electron chi connectivity index (χ3n) is 10.5. The fraction of sp³-hybridized carbons (Fsp3) is 0.0196. The van der Waals surface area contributed by atoms with Gasteiger partial charge < -0.3 is 5.32 Å². The number of nitrogens with one attached hydrogen (secondary N) is 1. The van der Waals surface area contributed by atoms with Crippen LogP contribution in [0.25, 0.3) is 94.2 Å². The van der Waals surface area contributed by atoms with E-state index in [1.165, 1.54) is 32.7 Å². The molecule has 0 saturated carbocycles. The Labute approximate surface area is 314 Å². The molecule has 8 aromatic carbocycles. The molecular weight excluding hydrogens is 655 g/mol. The molecule has 3 nitrogen and oxygen atoms in total. The SMILES string of the molecule is C1=CCNC(c2ccc(-c3cc(-c4ccc5c(ccc6ccccc65)c4)cc(-c4nc(-c5ccccc5)c5cc(-c6ccccc6)ccc5n4)c3)cc2)=C1. The molecule has 1 N–H and O–H groups in total. The van der Waals surface area contributed by atoms with Crippen LogP contribution in [0.15, 0.2) is 194 Å². The van der Waals surface area contributed by atoms with Crippen molar-refractivity contribution in [1.82, 2.24) is 15.3 Å². The van der Waals surface area contributed by atoms with Gasteiger partial charge in [0.05, 0.1) is 11.2 Å². The van der Waals surface area contributed by atoms with Crippen molar-refractivity contribution >= 4 is 38.1 Å². The zero-order valence-electron chi connectivity index (χ0n) is 29.6. The number of hydrogen-bond donors (Lipinski definition) is 1. The lowest BCUT2D eigenvalue weighted by atomic mass is 9.93. The zero-order chi connectivity index (χ0) is 35.8. The third kappa shape index (κ3) is 5.92. The monoisotopic (exact) mass is 689 g/mol. The molecule has 0 aliphatic carbocycles. The molecule has 0 amide bonds. The van der Waals surface area contributed by atoms with Crippen molar-refractivity contribution in [1.29, 1.82) is 0 Å². The van der Waals surface area contributed by atoms with E-state index in [0.717, 1.165) is 67.8 Å². The predicted octanol–water partition coefficient (Wildman–Crippen LogP) is 12.8. The first kappa shape index (κ1) is 31.6. The summed E-state index contributed by atoms with van der Waals surface area (Å²) in [5.74, 6) is 0.698. The summed E-state index contributed by atoms with van der Waals surface area (Å²) in [4.78, 5) is 10.6. The second-order valence-corrected chi connectivity index (χ2v) is 13.8. The Morgan fingerprint density at radius 3 is 1.80 bits per heavy atom. The lowest BCUT2D eigenvalue weighted by molar-refractivity contribution is 0.996. The first-order chi connectivity index (χ1) is 26.7. The molecule has 9 aromatic rings. The van der Waals surface area contributed by atoms with Crippen LogP contribution >= 0.6 is 0 Å². The Balaban J connectivity index is 1.16. The van der Waals surface area contributed by atoms with Gasteiger partial charge in [-0.1, -0.05) is 152 Å². The standard InChI is InChI=1S/C51H35N3/c1-3-11-34(12-4-1)40-25-27-49-47(33-40)50(38-14-5-2-6-15-38)54-51(53-49)44-31-42(35-18-21-37(22-19-35)48-17-9-10-28-52-48)30-43(32-44)39-24-26-46-41(29-39)23-20-36-13-7-8-16-45(36)46/h1-27,29-33,52H,28H2. The molecule has 10 rings (SSSR count). The first-order valence-electron chi connectivity index (χ1n) is 18.5. The van der Waals surface area contributed by atoms with E-state index in [9.17, 15) is 0 Å². The largest absolute Gasteiger partial charge is 0.381 e. The number of allylic oxidation sites excluding steroid dienone is 2. The minimum Gasteiger partial charge on any atom is -0.381 e. The van der Waals surface area contributed by atoms with Gasteiger partial charge in [0.25, 0.3) is 0 Å². The van der Waals surface area contributed by atoms with Crippen molar-refractivity contribution in [3.05, 3.63) is 200 Å². The average molecular weight is 690 g/mol. The lowest BCUT2D eigenvalue weighted by Crippen LogP contribution is -2.14. The van der Waals surface area contributed by atoms with Gasteiger partial charge >= 0.3 is 0 Å². The molecule has 0 spiro atoms. The quantitative estimate of drug-likeness (QED) is 0.177. The highest BCUT2D eigenvalue weighted by Crippen LogP contribution is 2.37. The van der Waals surface area contributed by atoms with E-state index < -0.39 is 0 Å². The number of aromatic nitrogens is 2. The summed E-state index contributed by atoms with van der Waals surface area (Å²) in [5, 5.41) is 9.50. The van der Waals surface area contributed by atoms with E-state index in [1.807, 2.05) is 6.07 Å². The van der Waals surface area contributed by atoms with E-state index in [-0.39, 0.29) is 0 Å². The van der Waals surface area contributed by atoms with Gasteiger partial charge in [-0.3, -0.25) is 0 Å². The molecule has 0 bridgehead atoms. The van der Waals surface area contributed by atoms with E-state index in [0.29, 0.717) is 5.82 Å². The molecule has 0 radical (unpaired) electrons. The highest BCUT2D eigenvalue weighted by molar-refractivity contribution is 6.08. The van der Waals surface area contributed by atoms with Crippen LogP contribution < -0.4 is 5.32 Å². The number of benzene rings is 8. The fourth-order valence-electron chi connectivity index (χ4n) is 7.67. The van der Waals surface area contributed by atoms with E-state index in [4.69, 9.17) is 9.97 Å². The van der Waals surface area contributed by atoms with Crippen LogP contribution in [0.2, 0.25) is 0 Å². The summed E-state index contributed by atoms with van der Waals surface area (Å²) >= 11 is 0. The highest BCUT2D eigenvalue weighted by atomic mass is 14.9. The molecule has 0 unspecified atom stereocenters. The number of hydrogen-bond acceptors (Lipinski definition) is 3. The minimum atomic E-state index is 0.698. The van der Waals surface area contributed by atoms with Gasteiger partial charge in [0.1, 0.15) is 0 Å². The van der Waals surface area contributed by atoms with E-state index in [1.54, 1.807) is 0 Å². The normalized spacial score (nSPS) is 12.6. The van der Waals surface area contributed by atoms with Gasteiger partial charge in [-0.05, 0) is 103 Å². The molecule has 1 aliphatic rings. The minimum absolute atomic E-state index is 0.698. The van der Waals surface area contributed by atoms with Gasteiger partial charge in [-0.15, -0.1) is 0 Å². The maximum atomic E-state index is 5.37. The second kappa shape index (κ2) is 13.5. The molecule has 0 atom stereocenters. The van der Waals surface area contributed by atoms with Crippen molar-refractivity contribution in [2.75, 3.05) is 6.54 Å². The van der Waals surface area contributed by atoms with Crippen molar-refractivity contribution < 1.29 is 0 Å². The van der Waals surface area contributed by atoms with E-state index in [2.05, 4.69) is 193 Å². The van der Waals surface area contributed by atoms with Gasteiger partial charge in [-0.25, -0.2) is 9.97 Å². The molecule has 254 valence electrons. The predicted molar refractivity (Wildman–Crippen MR) is 227 cm³/mol. The average Bonchev–Trinajstić information content (AvgIpc) is 3.26. The van der Waals surface area contributed by atoms with E-state index >= 15 is 0 Å². The van der Waals surface area contributed by atoms with Crippen molar-refractivity contribution in [3.63, 3.8) is 0 Å². The highest BCUT2D eigenvalue weighted by Gasteiger charge is 2.16. The summed E-state index contributed by atoms with van der Waals surface area (Å²) < 4.78 is 0. The molecule has 3 heteroatoms. The summed E-state index contributed by atoms with van der Waals surface area (Å²) in [6.07, 6.45) is 6.36. The van der Waals surface area contributed by atoms with Crippen molar-refractivity contribution in [2.45, 2.75) is 0 Å². The summed E-state index contributed by atoms with van der Waals surface area (Å²) in [5.41, 5.74) is 13.0. The van der Waals surface area contributed by atoms with Gasteiger partial charge in [-0.2, -0.15) is 0 Å². The number of rotatable bonds is 6. The smallest absolute Gasteiger partial charge is 0.160 e. The number of fused-ring (bicyclic) bond motifs is 4. The molecule has 54 heavy (non-hydrogen) atoms. The van der Waals surface area contributed by atoms with Crippen LogP contribution in [0.4, 0.5) is 0 Å². The van der Waals surface area contributed by atoms with Crippen molar-refractivity contribution in [3.8, 4) is 56.0 Å². The lowest BCUT2D eigenvalue weighted by Gasteiger charge is -2.15. The third-order valence-corrected chi connectivity index (χ3v) is 10.5. The summed E-state index contributed by atoms with van der Waals surface area (Å²) in [6.45, 7) is 0.838. The summed E-state index contributed by atoms with van der Waals surface area (Å²) in [7, 11) is 0. The molecular formula is C51H35N3.